The van der Waals surface area contributed by atoms with Gasteiger partial charge in [-0.05, 0) is 44.0 Å². The van der Waals surface area contributed by atoms with Crippen LogP contribution in [-0.4, -0.2) is 26.2 Å². The number of aliphatic hydroxyl groups excluding tert-OH is 1. The van der Waals surface area contributed by atoms with Gasteiger partial charge in [0.05, 0.1) is 11.5 Å². The molecule has 17 heavy (non-hydrogen) atoms. The highest BCUT2D eigenvalue weighted by Gasteiger charge is 2.18. The normalized spacial score (nSPS) is 13.6. The topological polar surface area (TPSA) is 92.4 Å². The van der Waals surface area contributed by atoms with E-state index in [1.807, 2.05) is 6.92 Å². The first kappa shape index (κ1) is 14.0. The first-order valence-corrected chi connectivity index (χ1v) is 6.76. The number of hydrogen-bond acceptors (Lipinski definition) is 4. The van der Waals surface area contributed by atoms with Crippen LogP contribution in [0.4, 0.5) is 5.69 Å². The van der Waals surface area contributed by atoms with Crippen LogP contribution in [0.25, 0.3) is 0 Å². The minimum atomic E-state index is -3.62. The molecule has 4 N–H and O–H groups in total. The highest BCUT2D eigenvalue weighted by atomic mass is 32.2. The quantitative estimate of drug-likeness (QED) is 0.687. The van der Waals surface area contributed by atoms with Gasteiger partial charge in [0.15, 0.2) is 0 Å². The molecular weight excluding hydrogens is 240 g/mol. The van der Waals surface area contributed by atoms with Gasteiger partial charge in [-0.3, -0.25) is 0 Å². The van der Waals surface area contributed by atoms with Crippen molar-refractivity contribution in [1.29, 1.82) is 0 Å². The number of nitrogens with two attached hydrogens (primary N) is 1. The molecule has 1 aromatic carbocycles. The number of hydrogen-bond donors (Lipinski definition) is 3. The van der Waals surface area contributed by atoms with Crippen molar-refractivity contribution in [3.63, 3.8) is 0 Å². The van der Waals surface area contributed by atoms with E-state index in [2.05, 4.69) is 4.72 Å². The second-order valence-electron chi connectivity index (χ2n) is 4.16. The Morgan fingerprint density at radius 2 is 2.00 bits per heavy atom. The molecule has 0 aliphatic carbocycles. The van der Waals surface area contributed by atoms with Gasteiger partial charge in [0, 0.05) is 11.7 Å². The van der Waals surface area contributed by atoms with Crippen LogP contribution in [0.5, 0.6) is 0 Å². The number of sulfonamides is 1. The average Bonchev–Trinajstić information content (AvgIpc) is 2.24. The van der Waals surface area contributed by atoms with Gasteiger partial charge in [0.1, 0.15) is 0 Å². The lowest BCUT2D eigenvalue weighted by Crippen LogP contribution is -2.35. The standard InChI is InChI=1S/C11H18N2O3S/c1-7-4-10(5-11(12)9(7)3)17(15,16)13-8(2)6-14/h4-5,8,13-14H,6,12H2,1-3H3/t8-/m0/s1. The Morgan fingerprint density at radius 3 is 2.47 bits per heavy atom. The van der Waals surface area contributed by atoms with E-state index in [1.165, 1.54) is 6.07 Å². The zero-order valence-corrected chi connectivity index (χ0v) is 11.0. The number of nitrogen functional groups attached to an aromatic ring is 1. The second-order valence-corrected chi connectivity index (χ2v) is 5.87. The van der Waals surface area contributed by atoms with E-state index in [0.717, 1.165) is 11.1 Å². The molecule has 0 saturated carbocycles. The Morgan fingerprint density at radius 1 is 1.41 bits per heavy atom. The molecule has 96 valence electrons. The van der Waals surface area contributed by atoms with Crippen LogP contribution in [0.2, 0.25) is 0 Å². The number of benzene rings is 1. The molecular formula is C11H18N2O3S. The van der Waals surface area contributed by atoms with Gasteiger partial charge in [0.25, 0.3) is 0 Å². The van der Waals surface area contributed by atoms with E-state index >= 15 is 0 Å². The highest BCUT2D eigenvalue weighted by molar-refractivity contribution is 7.89. The number of anilines is 1. The minimum Gasteiger partial charge on any atom is -0.398 e. The van der Waals surface area contributed by atoms with Crippen LogP contribution >= 0.6 is 0 Å². The predicted octanol–water partition coefficient (Wildman–Crippen LogP) is 0.545. The Hall–Kier alpha value is -1.11. The van der Waals surface area contributed by atoms with Crippen molar-refractivity contribution < 1.29 is 13.5 Å². The Bertz CT molecular complexity index is 488. The zero-order valence-electron chi connectivity index (χ0n) is 10.2. The molecule has 1 atom stereocenters. The lowest BCUT2D eigenvalue weighted by atomic mass is 10.1. The summed E-state index contributed by atoms with van der Waals surface area (Å²) in [7, 11) is -3.62. The summed E-state index contributed by atoms with van der Waals surface area (Å²) in [5.74, 6) is 0. The zero-order chi connectivity index (χ0) is 13.2. The van der Waals surface area contributed by atoms with Crippen molar-refractivity contribution >= 4 is 15.7 Å². The van der Waals surface area contributed by atoms with Crippen LogP contribution in [0, 0.1) is 13.8 Å². The fourth-order valence-corrected chi connectivity index (χ4v) is 2.73. The molecule has 0 amide bonds. The van der Waals surface area contributed by atoms with Gasteiger partial charge in [-0.1, -0.05) is 0 Å². The molecule has 6 heteroatoms. The molecule has 0 fully saturated rings. The predicted molar refractivity (Wildman–Crippen MR) is 67.2 cm³/mol. The van der Waals surface area contributed by atoms with Crippen molar-refractivity contribution in [2.75, 3.05) is 12.3 Å². The molecule has 0 aliphatic heterocycles. The van der Waals surface area contributed by atoms with Gasteiger partial charge in [-0.2, -0.15) is 0 Å². The molecule has 0 bridgehead atoms. The third kappa shape index (κ3) is 3.18. The Kier molecular flexibility index (Phi) is 4.13. The second kappa shape index (κ2) is 5.03. The fraction of sp³-hybridized carbons (Fsp3) is 0.455. The smallest absolute Gasteiger partial charge is 0.240 e. The molecule has 0 heterocycles. The monoisotopic (exact) mass is 258 g/mol. The van der Waals surface area contributed by atoms with Crippen LogP contribution < -0.4 is 10.5 Å². The average molecular weight is 258 g/mol. The van der Waals surface area contributed by atoms with Crippen LogP contribution in [0.15, 0.2) is 17.0 Å². The van der Waals surface area contributed by atoms with Gasteiger partial charge < -0.3 is 10.8 Å². The lowest BCUT2D eigenvalue weighted by molar-refractivity contribution is 0.265. The van der Waals surface area contributed by atoms with E-state index < -0.39 is 16.1 Å². The molecule has 0 saturated heterocycles. The van der Waals surface area contributed by atoms with Gasteiger partial charge in [0.2, 0.25) is 10.0 Å². The number of aliphatic hydroxyl groups is 1. The first-order chi connectivity index (χ1) is 7.77. The largest absolute Gasteiger partial charge is 0.398 e. The summed E-state index contributed by atoms with van der Waals surface area (Å²) in [6, 6.07) is 2.47. The SMILES string of the molecule is Cc1cc(S(=O)(=O)N[C@@H](C)CO)cc(N)c1C. The fourth-order valence-electron chi connectivity index (χ4n) is 1.38. The minimum absolute atomic E-state index is 0.124. The van der Waals surface area contributed by atoms with Crippen LogP contribution in [-0.2, 0) is 10.0 Å². The maximum atomic E-state index is 11.9. The van der Waals surface area contributed by atoms with E-state index in [0.29, 0.717) is 5.69 Å². The van der Waals surface area contributed by atoms with Gasteiger partial charge in [-0.25, -0.2) is 13.1 Å². The highest BCUT2D eigenvalue weighted by Crippen LogP contribution is 2.21. The molecule has 0 aromatic heterocycles. The van der Waals surface area contributed by atoms with Gasteiger partial charge >= 0.3 is 0 Å². The van der Waals surface area contributed by atoms with E-state index in [-0.39, 0.29) is 11.5 Å². The molecule has 0 unspecified atom stereocenters. The van der Waals surface area contributed by atoms with Crippen molar-refractivity contribution in [2.24, 2.45) is 0 Å². The molecule has 0 aliphatic rings. The summed E-state index contributed by atoms with van der Waals surface area (Å²) in [6.45, 7) is 4.98. The summed E-state index contributed by atoms with van der Waals surface area (Å²) < 4.78 is 26.2. The third-order valence-corrected chi connectivity index (χ3v) is 4.19. The molecule has 0 radical (unpaired) electrons. The molecule has 5 nitrogen and oxygen atoms in total. The van der Waals surface area contributed by atoms with E-state index in [9.17, 15) is 8.42 Å². The van der Waals surface area contributed by atoms with Crippen molar-refractivity contribution in [2.45, 2.75) is 31.7 Å². The summed E-state index contributed by atoms with van der Waals surface area (Å²) >= 11 is 0. The Labute approximate surface area is 102 Å². The van der Waals surface area contributed by atoms with Gasteiger partial charge in [-0.15, -0.1) is 0 Å². The van der Waals surface area contributed by atoms with Crippen molar-refractivity contribution in [3.8, 4) is 0 Å². The third-order valence-electron chi connectivity index (χ3n) is 2.62. The molecule has 0 spiro atoms. The lowest BCUT2D eigenvalue weighted by Gasteiger charge is -2.13. The summed E-state index contributed by atoms with van der Waals surface area (Å²) in [6.07, 6.45) is 0. The summed E-state index contributed by atoms with van der Waals surface area (Å²) in [5.41, 5.74) is 7.88. The number of nitrogens with one attached hydrogen (secondary N) is 1. The molecule has 1 rings (SSSR count). The molecule has 1 aromatic rings. The van der Waals surface area contributed by atoms with E-state index in [1.54, 1.807) is 19.9 Å². The van der Waals surface area contributed by atoms with E-state index in [4.69, 9.17) is 10.8 Å². The maximum Gasteiger partial charge on any atom is 0.240 e. The first-order valence-electron chi connectivity index (χ1n) is 5.28. The number of aryl methyl sites for hydroxylation is 1. The number of rotatable bonds is 4. The Balaban J connectivity index is 3.16. The summed E-state index contributed by atoms with van der Waals surface area (Å²) in [5, 5.41) is 8.85. The van der Waals surface area contributed by atoms with Crippen LogP contribution in [0.1, 0.15) is 18.1 Å². The maximum absolute atomic E-state index is 11.9. The van der Waals surface area contributed by atoms with Crippen LogP contribution in [0.3, 0.4) is 0 Å². The van der Waals surface area contributed by atoms with Crippen molar-refractivity contribution in [3.05, 3.63) is 23.3 Å². The van der Waals surface area contributed by atoms with Crippen molar-refractivity contribution in [1.82, 2.24) is 4.72 Å². The summed E-state index contributed by atoms with van der Waals surface area (Å²) in [4.78, 5) is 0.124.